The Labute approximate surface area is 104 Å². The first-order chi connectivity index (χ1) is 8.83. The Balaban J connectivity index is 1.82. The summed E-state index contributed by atoms with van der Waals surface area (Å²) in [5, 5.41) is 7.27. The standard InChI is InChI=1S/C13H14FN3O/c14-11-5-3-9(4-6-11)12-16-13(18-17-12)10-2-1-7-15-8-10/h3-6,10,15H,1-2,7-8H2/t10-/m1/s1. The van der Waals surface area contributed by atoms with E-state index in [1.165, 1.54) is 12.1 Å². The van der Waals surface area contributed by atoms with Crippen LogP contribution < -0.4 is 5.32 Å². The minimum atomic E-state index is -0.265. The van der Waals surface area contributed by atoms with E-state index in [1.807, 2.05) is 0 Å². The molecule has 5 heteroatoms. The van der Waals surface area contributed by atoms with Gasteiger partial charge in [-0.2, -0.15) is 4.98 Å². The number of piperidine rings is 1. The molecule has 0 aliphatic carbocycles. The molecule has 0 spiro atoms. The zero-order valence-corrected chi connectivity index (χ0v) is 9.90. The Morgan fingerprint density at radius 1 is 1.28 bits per heavy atom. The average molecular weight is 247 g/mol. The van der Waals surface area contributed by atoms with Gasteiger partial charge in [0.1, 0.15) is 5.82 Å². The minimum Gasteiger partial charge on any atom is -0.339 e. The van der Waals surface area contributed by atoms with Crippen LogP contribution >= 0.6 is 0 Å². The highest BCUT2D eigenvalue weighted by atomic mass is 19.1. The first kappa shape index (κ1) is 11.3. The molecule has 1 aliphatic heterocycles. The van der Waals surface area contributed by atoms with Crippen molar-refractivity contribution in [1.82, 2.24) is 15.5 Å². The van der Waals surface area contributed by atoms with Gasteiger partial charge in [-0.1, -0.05) is 5.16 Å². The molecule has 3 rings (SSSR count). The minimum absolute atomic E-state index is 0.265. The molecule has 1 atom stereocenters. The van der Waals surface area contributed by atoms with Gasteiger partial charge in [-0.25, -0.2) is 4.39 Å². The molecule has 4 nitrogen and oxygen atoms in total. The van der Waals surface area contributed by atoms with E-state index in [9.17, 15) is 4.39 Å². The van der Waals surface area contributed by atoms with Crippen LogP contribution in [-0.4, -0.2) is 23.2 Å². The van der Waals surface area contributed by atoms with Crippen LogP contribution in [0, 0.1) is 5.82 Å². The fraction of sp³-hybridized carbons (Fsp3) is 0.385. The number of halogens is 1. The van der Waals surface area contributed by atoms with E-state index in [-0.39, 0.29) is 5.82 Å². The molecule has 2 aromatic rings. The molecule has 0 unspecified atom stereocenters. The Kier molecular flexibility index (Phi) is 3.06. The molecule has 0 saturated carbocycles. The van der Waals surface area contributed by atoms with E-state index >= 15 is 0 Å². The van der Waals surface area contributed by atoms with Gasteiger partial charge in [0.2, 0.25) is 11.7 Å². The number of hydrogen-bond donors (Lipinski definition) is 1. The summed E-state index contributed by atoms with van der Waals surface area (Å²) in [7, 11) is 0. The van der Waals surface area contributed by atoms with E-state index in [4.69, 9.17) is 4.52 Å². The predicted molar refractivity (Wildman–Crippen MR) is 64.5 cm³/mol. The van der Waals surface area contributed by atoms with Crippen molar-refractivity contribution in [3.8, 4) is 11.4 Å². The molecule has 1 N–H and O–H groups in total. The first-order valence-corrected chi connectivity index (χ1v) is 6.13. The summed E-state index contributed by atoms with van der Waals surface area (Å²) in [6.45, 7) is 1.93. The SMILES string of the molecule is Fc1ccc(-c2noc([C@@H]3CCCNC3)n2)cc1. The van der Waals surface area contributed by atoms with Gasteiger partial charge >= 0.3 is 0 Å². The van der Waals surface area contributed by atoms with Gasteiger partial charge in [0, 0.05) is 12.1 Å². The maximum Gasteiger partial charge on any atom is 0.231 e. The summed E-state index contributed by atoms with van der Waals surface area (Å²) in [6, 6.07) is 6.10. The van der Waals surface area contributed by atoms with Gasteiger partial charge in [0.25, 0.3) is 0 Å². The number of aromatic nitrogens is 2. The fourth-order valence-corrected chi connectivity index (χ4v) is 2.18. The quantitative estimate of drug-likeness (QED) is 0.885. The fourth-order valence-electron chi connectivity index (χ4n) is 2.18. The maximum atomic E-state index is 12.8. The van der Waals surface area contributed by atoms with Gasteiger partial charge in [-0.3, -0.25) is 0 Å². The molecule has 1 aromatic heterocycles. The van der Waals surface area contributed by atoms with E-state index in [1.54, 1.807) is 12.1 Å². The third kappa shape index (κ3) is 2.26. The monoisotopic (exact) mass is 247 g/mol. The lowest BCUT2D eigenvalue weighted by atomic mass is 10.00. The number of rotatable bonds is 2. The Hall–Kier alpha value is -1.75. The van der Waals surface area contributed by atoms with Gasteiger partial charge in [0.05, 0.1) is 5.92 Å². The van der Waals surface area contributed by atoms with Gasteiger partial charge in [-0.05, 0) is 43.7 Å². The maximum absolute atomic E-state index is 12.8. The molecule has 2 heterocycles. The van der Waals surface area contributed by atoms with E-state index in [2.05, 4.69) is 15.5 Å². The third-order valence-corrected chi connectivity index (χ3v) is 3.19. The van der Waals surface area contributed by atoms with Crippen LogP contribution in [0.1, 0.15) is 24.7 Å². The molecule has 1 aliphatic rings. The normalized spacial score (nSPS) is 19.9. The molecule has 0 amide bonds. The number of nitrogens with one attached hydrogen (secondary N) is 1. The van der Waals surface area contributed by atoms with Crippen molar-refractivity contribution in [1.29, 1.82) is 0 Å². The van der Waals surface area contributed by atoms with Crippen molar-refractivity contribution >= 4 is 0 Å². The summed E-state index contributed by atoms with van der Waals surface area (Å²) < 4.78 is 18.1. The van der Waals surface area contributed by atoms with Crippen LogP contribution in [-0.2, 0) is 0 Å². The molecular formula is C13H14FN3O. The molecule has 18 heavy (non-hydrogen) atoms. The number of benzene rings is 1. The van der Waals surface area contributed by atoms with Crippen LogP contribution in [0.4, 0.5) is 4.39 Å². The van der Waals surface area contributed by atoms with Crippen molar-refractivity contribution in [2.24, 2.45) is 0 Å². The topological polar surface area (TPSA) is 51.0 Å². The Bertz CT molecular complexity index is 517. The second-order valence-corrected chi connectivity index (χ2v) is 4.51. The van der Waals surface area contributed by atoms with Crippen molar-refractivity contribution in [3.63, 3.8) is 0 Å². The molecule has 94 valence electrons. The molecule has 1 saturated heterocycles. The predicted octanol–water partition coefficient (Wildman–Crippen LogP) is 2.34. The van der Waals surface area contributed by atoms with E-state index < -0.39 is 0 Å². The molecule has 1 aromatic carbocycles. The van der Waals surface area contributed by atoms with Crippen LogP contribution in [0.25, 0.3) is 11.4 Å². The molecular weight excluding hydrogens is 233 g/mol. The summed E-state index contributed by atoms with van der Waals surface area (Å²) >= 11 is 0. The Morgan fingerprint density at radius 2 is 2.11 bits per heavy atom. The second-order valence-electron chi connectivity index (χ2n) is 4.51. The number of hydrogen-bond acceptors (Lipinski definition) is 4. The van der Waals surface area contributed by atoms with Crippen molar-refractivity contribution in [2.45, 2.75) is 18.8 Å². The van der Waals surface area contributed by atoms with Crippen molar-refractivity contribution < 1.29 is 8.91 Å². The van der Waals surface area contributed by atoms with Crippen molar-refractivity contribution in [2.75, 3.05) is 13.1 Å². The largest absolute Gasteiger partial charge is 0.339 e. The van der Waals surface area contributed by atoms with Crippen LogP contribution in [0.15, 0.2) is 28.8 Å². The third-order valence-electron chi connectivity index (χ3n) is 3.19. The lowest BCUT2D eigenvalue weighted by Gasteiger charge is -2.18. The summed E-state index contributed by atoms with van der Waals surface area (Å²) in [5.41, 5.74) is 0.773. The highest BCUT2D eigenvalue weighted by Crippen LogP contribution is 2.24. The average Bonchev–Trinajstić information content (AvgIpc) is 2.90. The Morgan fingerprint density at radius 3 is 2.83 bits per heavy atom. The molecule has 0 bridgehead atoms. The summed E-state index contributed by atoms with van der Waals surface area (Å²) in [6.07, 6.45) is 2.19. The van der Waals surface area contributed by atoms with Crippen LogP contribution in [0.3, 0.4) is 0 Å². The van der Waals surface area contributed by atoms with Gasteiger partial charge in [0.15, 0.2) is 0 Å². The lowest BCUT2D eigenvalue weighted by molar-refractivity contribution is 0.322. The van der Waals surface area contributed by atoms with Gasteiger partial charge in [-0.15, -0.1) is 0 Å². The first-order valence-electron chi connectivity index (χ1n) is 6.13. The zero-order chi connectivity index (χ0) is 12.4. The molecule has 1 fully saturated rings. The second kappa shape index (κ2) is 4.86. The van der Waals surface area contributed by atoms with Crippen molar-refractivity contribution in [3.05, 3.63) is 36.0 Å². The molecule has 0 radical (unpaired) electrons. The zero-order valence-electron chi connectivity index (χ0n) is 9.90. The van der Waals surface area contributed by atoms with E-state index in [0.29, 0.717) is 17.6 Å². The van der Waals surface area contributed by atoms with Gasteiger partial charge < -0.3 is 9.84 Å². The summed E-state index contributed by atoms with van der Waals surface area (Å²) in [5.74, 6) is 1.22. The van der Waals surface area contributed by atoms with Crippen LogP contribution in [0.2, 0.25) is 0 Å². The lowest BCUT2D eigenvalue weighted by Crippen LogP contribution is -2.28. The van der Waals surface area contributed by atoms with Crippen LogP contribution in [0.5, 0.6) is 0 Å². The summed E-state index contributed by atoms with van der Waals surface area (Å²) in [4.78, 5) is 4.39. The highest BCUT2D eigenvalue weighted by Gasteiger charge is 2.21. The number of nitrogens with zero attached hydrogens (tertiary/aromatic N) is 2. The highest BCUT2D eigenvalue weighted by molar-refractivity contribution is 5.53. The van der Waals surface area contributed by atoms with E-state index in [0.717, 1.165) is 31.5 Å². The smallest absolute Gasteiger partial charge is 0.231 e.